The van der Waals surface area contributed by atoms with Crippen LogP contribution in [0.15, 0.2) is 0 Å². The van der Waals surface area contributed by atoms with Gasteiger partial charge < -0.3 is 4.90 Å². The molecule has 70 valence electrons. The smallest absolute Gasteiger partial charge is 0.00136 e. The predicted octanol–water partition coefficient (Wildman–Crippen LogP) is 2.66. The Morgan fingerprint density at radius 3 is 2.50 bits per heavy atom. The van der Waals surface area contributed by atoms with Gasteiger partial charge in [0.1, 0.15) is 0 Å². The molecule has 0 atom stereocenters. The summed E-state index contributed by atoms with van der Waals surface area (Å²) >= 11 is 0. The molecule has 1 spiro atoms. The molecule has 1 saturated carbocycles. The van der Waals surface area contributed by atoms with Crippen LogP contribution in [0.3, 0.4) is 0 Å². The summed E-state index contributed by atoms with van der Waals surface area (Å²) in [7, 11) is 0. The summed E-state index contributed by atoms with van der Waals surface area (Å²) in [5, 5.41) is 0. The lowest BCUT2D eigenvalue weighted by atomic mass is 9.93. The minimum absolute atomic E-state index is 0.841. The fourth-order valence-corrected chi connectivity index (χ4v) is 2.46. The first-order chi connectivity index (χ1) is 5.85. The molecule has 0 bridgehead atoms. The molecule has 0 unspecified atom stereocenters. The fourth-order valence-electron chi connectivity index (χ4n) is 2.46. The molecule has 1 nitrogen and oxygen atoms in total. The number of hydrogen-bond acceptors (Lipinski definition) is 1. The SMILES string of the molecule is CCN1CCCCC2(CC1)CC2. The number of rotatable bonds is 1. The molecule has 1 saturated heterocycles. The van der Waals surface area contributed by atoms with Crippen molar-refractivity contribution in [2.75, 3.05) is 19.6 Å². The van der Waals surface area contributed by atoms with E-state index in [0.717, 1.165) is 5.41 Å². The topological polar surface area (TPSA) is 3.24 Å². The van der Waals surface area contributed by atoms with E-state index in [2.05, 4.69) is 11.8 Å². The van der Waals surface area contributed by atoms with Crippen molar-refractivity contribution in [2.45, 2.75) is 45.4 Å². The van der Waals surface area contributed by atoms with E-state index in [1.807, 2.05) is 0 Å². The summed E-state index contributed by atoms with van der Waals surface area (Å²) in [5.74, 6) is 0. The Balaban J connectivity index is 1.85. The third kappa shape index (κ3) is 1.82. The molecular weight excluding hydrogens is 146 g/mol. The molecule has 1 aliphatic carbocycles. The monoisotopic (exact) mass is 167 g/mol. The van der Waals surface area contributed by atoms with Gasteiger partial charge in [-0.25, -0.2) is 0 Å². The maximum atomic E-state index is 2.62. The summed E-state index contributed by atoms with van der Waals surface area (Å²) < 4.78 is 0. The van der Waals surface area contributed by atoms with Gasteiger partial charge in [0.25, 0.3) is 0 Å². The molecule has 0 amide bonds. The Bertz CT molecular complexity index is 149. The first-order valence-electron chi connectivity index (χ1n) is 5.57. The van der Waals surface area contributed by atoms with Crippen molar-refractivity contribution in [3.8, 4) is 0 Å². The van der Waals surface area contributed by atoms with E-state index >= 15 is 0 Å². The van der Waals surface area contributed by atoms with Crippen LogP contribution < -0.4 is 0 Å². The first-order valence-corrected chi connectivity index (χ1v) is 5.57. The van der Waals surface area contributed by atoms with Crippen molar-refractivity contribution in [1.82, 2.24) is 4.90 Å². The summed E-state index contributed by atoms with van der Waals surface area (Å²) in [5.41, 5.74) is 0.841. The van der Waals surface area contributed by atoms with Gasteiger partial charge >= 0.3 is 0 Å². The molecule has 1 heterocycles. The van der Waals surface area contributed by atoms with Gasteiger partial charge in [0.05, 0.1) is 0 Å². The lowest BCUT2D eigenvalue weighted by Gasteiger charge is -2.27. The molecule has 1 aliphatic heterocycles. The maximum Gasteiger partial charge on any atom is -0.00136 e. The summed E-state index contributed by atoms with van der Waals surface area (Å²) in [4.78, 5) is 2.62. The number of nitrogens with zero attached hydrogens (tertiary/aromatic N) is 1. The van der Waals surface area contributed by atoms with Gasteiger partial charge in [0.2, 0.25) is 0 Å². The molecule has 12 heavy (non-hydrogen) atoms. The number of hydrogen-bond donors (Lipinski definition) is 0. The second-order valence-corrected chi connectivity index (χ2v) is 4.64. The molecule has 2 rings (SSSR count). The highest BCUT2D eigenvalue weighted by Gasteiger charge is 2.41. The van der Waals surface area contributed by atoms with Crippen LogP contribution in [-0.2, 0) is 0 Å². The van der Waals surface area contributed by atoms with Gasteiger partial charge in [-0.3, -0.25) is 0 Å². The van der Waals surface area contributed by atoms with E-state index < -0.39 is 0 Å². The van der Waals surface area contributed by atoms with Crippen molar-refractivity contribution in [3.05, 3.63) is 0 Å². The zero-order valence-corrected chi connectivity index (χ0v) is 8.31. The molecule has 2 fully saturated rings. The molecule has 0 radical (unpaired) electrons. The third-order valence-electron chi connectivity index (χ3n) is 3.79. The average molecular weight is 167 g/mol. The van der Waals surface area contributed by atoms with Gasteiger partial charge in [-0.1, -0.05) is 13.3 Å². The third-order valence-corrected chi connectivity index (χ3v) is 3.79. The van der Waals surface area contributed by atoms with Crippen molar-refractivity contribution in [3.63, 3.8) is 0 Å². The van der Waals surface area contributed by atoms with Gasteiger partial charge in [-0.2, -0.15) is 0 Å². The van der Waals surface area contributed by atoms with Crippen LogP contribution >= 0.6 is 0 Å². The van der Waals surface area contributed by atoms with Gasteiger partial charge in [0, 0.05) is 0 Å². The molecule has 0 N–H and O–H groups in total. The lowest BCUT2D eigenvalue weighted by Crippen LogP contribution is -2.29. The van der Waals surface area contributed by atoms with Crippen LogP contribution in [0, 0.1) is 5.41 Å². The molecular formula is C11H21N. The standard InChI is InChI=1S/C11H21N/c1-2-12-9-4-3-5-11(6-7-11)8-10-12/h2-10H2,1H3. The molecule has 0 aromatic rings. The van der Waals surface area contributed by atoms with Gasteiger partial charge in [-0.05, 0) is 57.2 Å². The van der Waals surface area contributed by atoms with Crippen LogP contribution in [0.1, 0.15) is 45.4 Å². The van der Waals surface area contributed by atoms with Crippen molar-refractivity contribution < 1.29 is 0 Å². The zero-order valence-electron chi connectivity index (χ0n) is 8.31. The maximum absolute atomic E-state index is 2.62. The zero-order chi connectivity index (χ0) is 8.44. The van der Waals surface area contributed by atoms with E-state index in [0.29, 0.717) is 0 Å². The summed E-state index contributed by atoms with van der Waals surface area (Å²) in [6.07, 6.45) is 9.01. The van der Waals surface area contributed by atoms with E-state index in [4.69, 9.17) is 0 Å². The Kier molecular flexibility index (Phi) is 2.40. The van der Waals surface area contributed by atoms with Crippen LogP contribution in [-0.4, -0.2) is 24.5 Å². The highest BCUT2D eigenvalue weighted by molar-refractivity contribution is 4.94. The van der Waals surface area contributed by atoms with Crippen molar-refractivity contribution in [2.24, 2.45) is 5.41 Å². The Hall–Kier alpha value is -0.0400. The molecule has 0 aromatic carbocycles. The molecule has 0 aromatic heterocycles. The highest BCUT2D eigenvalue weighted by Crippen LogP contribution is 2.53. The second kappa shape index (κ2) is 3.37. The minimum atomic E-state index is 0.841. The van der Waals surface area contributed by atoms with Crippen molar-refractivity contribution >= 4 is 0 Å². The van der Waals surface area contributed by atoms with Crippen LogP contribution in [0.5, 0.6) is 0 Å². The van der Waals surface area contributed by atoms with Crippen LogP contribution in [0.4, 0.5) is 0 Å². The van der Waals surface area contributed by atoms with E-state index in [9.17, 15) is 0 Å². The first kappa shape index (κ1) is 8.55. The fraction of sp³-hybridized carbons (Fsp3) is 1.00. The van der Waals surface area contributed by atoms with Gasteiger partial charge in [0.15, 0.2) is 0 Å². The normalized spacial score (nSPS) is 29.8. The number of likely N-dealkylation sites (tertiary alicyclic amines) is 1. The van der Waals surface area contributed by atoms with Crippen LogP contribution in [0.2, 0.25) is 0 Å². The van der Waals surface area contributed by atoms with E-state index in [1.54, 1.807) is 0 Å². The van der Waals surface area contributed by atoms with Gasteiger partial charge in [-0.15, -0.1) is 0 Å². The molecule has 2 aliphatic rings. The largest absolute Gasteiger partial charge is 0.304 e. The minimum Gasteiger partial charge on any atom is -0.304 e. The average Bonchev–Trinajstić information content (AvgIpc) is 2.80. The highest BCUT2D eigenvalue weighted by atomic mass is 15.1. The summed E-state index contributed by atoms with van der Waals surface area (Å²) in [6, 6.07) is 0. The van der Waals surface area contributed by atoms with Crippen LogP contribution in [0.25, 0.3) is 0 Å². The Labute approximate surface area is 76.1 Å². The van der Waals surface area contributed by atoms with Crippen molar-refractivity contribution in [1.29, 1.82) is 0 Å². The molecule has 1 heteroatoms. The van der Waals surface area contributed by atoms with E-state index in [1.165, 1.54) is 58.2 Å². The predicted molar refractivity (Wildman–Crippen MR) is 52.2 cm³/mol. The lowest BCUT2D eigenvalue weighted by molar-refractivity contribution is 0.220. The Morgan fingerprint density at radius 1 is 1.00 bits per heavy atom. The Morgan fingerprint density at radius 2 is 1.83 bits per heavy atom. The van der Waals surface area contributed by atoms with E-state index in [-0.39, 0.29) is 0 Å². The summed E-state index contributed by atoms with van der Waals surface area (Å²) in [6.45, 7) is 6.28. The quantitative estimate of drug-likeness (QED) is 0.580. The second-order valence-electron chi connectivity index (χ2n) is 4.64.